The molecule has 0 saturated carbocycles. The number of hydrogen-bond acceptors (Lipinski definition) is 8. The fourth-order valence-electron chi connectivity index (χ4n) is 3.62. The molecule has 150 valence electrons. The highest BCUT2D eigenvalue weighted by atomic mass is 16.6. The van der Waals surface area contributed by atoms with Crippen LogP contribution in [0, 0.1) is 17.3 Å². The molecule has 2 unspecified atom stereocenters. The molecule has 3 heterocycles. The summed E-state index contributed by atoms with van der Waals surface area (Å²) < 4.78 is 16.0. The van der Waals surface area contributed by atoms with E-state index in [-0.39, 0.29) is 50.4 Å². The fourth-order valence-corrected chi connectivity index (χ4v) is 3.62. The number of esters is 1. The van der Waals surface area contributed by atoms with Crippen molar-refractivity contribution >= 4 is 17.8 Å². The Hall–Kier alpha value is -1.81. The van der Waals surface area contributed by atoms with Crippen LogP contribution in [0.2, 0.25) is 0 Å². The maximum atomic E-state index is 12.6. The Labute approximate surface area is 156 Å². The third-order valence-corrected chi connectivity index (χ3v) is 5.38. The van der Waals surface area contributed by atoms with Gasteiger partial charge in [-0.25, -0.2) is 0 Å². The second kappa shape index (κ2) is 8.05. The van der Waals surface area contributed by atoms with Crippen molar-refractivity contribution in [2.75, 3.05) is 39.6 Å². The van der Waals surface area contributed by atoms with E-state index in [0.29, 0.717) is 6.42 Å². The van der Waals surface area contributed by atoms with Crippen LogP contribution in [-0.2, 0) is 28.6 Å². The van der Waals surface area contributed by atoms with Gasteiger partial charge in [0.2, 0.25) is 11.8 Å². The summed E-state index contributed by atoms with van der Waals surface area (Å²) in [5.41, 5.74) is -1.35. The van der Waals surface area contributed by atoms with Crippen molar-refractivity contribution in [3.8, 4) is 0 Å². The minimum absolute atomic E-state index is 0.0512. The van der Waals surface area contributed by atoms with Crippen molar-refractivity contribution in [1.82, 2.24) is 4.90 Å². The van der Waals surface area contributed by atoms with Crippen LogP contribution in [0.5, 0.6) is 0 Å². The molecule has 9 heteroatoms. The van der Waals surface area contributed by atoms with Crippen LogP contribution in [0.3, 0.4) is 0 Å². The van der Waals surface area contributed by atoms with Gasteiger partial charge in [-0.05, 0) is 13.3 Å². The number of hydrogen-bond donors (Lipinski definition) is 2. The number of carbonyl (C=O) groups is 3. The first-order valence-corrected chi connectivity index (χ1v) is 9.07. The van der Waals surface area contributed by atoms with E-state index in [0.717, 1.165) is 0 Å². The number of carbonyl (C=O) groups excluding carboxylic acids is 3. The number of rotatable bonds is 9. The average molecular weight is 383 g/mol. The topological polar surface area (TPSA) is 123 Å². The summed E-state index contributed by atoms with van der Waals surface area (Å²) in [5, 5.41) is 18.2. The van der Waals surface area contributed by atoms with E-state index in [1.165, 1.54) is 11.8 Å². The second-order valence-electron chi connectivity index (χ2n) is 7.31. The van der Waals surface area contributed by atoms with Gasteiger partial charge in [0.25, 0.3) is 0 Å². The molecule has 2 amide bonds. The van der Waals surface area contributed by atoms with Crippen LogP contribution in [0.15, 0.2) is 12.2 Å². The molecule has 3 aliphatic heterocycles. The molecule has 4 atom stereocenters. The molecule has 9 nitrogen and oxygen atoms in total. The highest BCUT2D eigenvalue weighted by Gasteiger charge is 2.59. The van der Waals surface area contributed by atoms with Crippen molar-refractivity contribution in [3.05, 3.63) is 12.2 Å². The minimum atomic E-state index is -1.35. The summed E-state index contributed by atoms with van der Waals surface area (Å²) >= 11 is 0. The van der Waals surface area contributed by atoms with Gasteiger partial charge in [0.05, 0.1) is 57.0 Å². The molecule has 2 N–H and O–H groups in total. The van der Waals surface area contributed by atoms with Crippen molar-refractivity contribution in [2.45, 2.75) is 25.6 Å². The molecule has 0 spiro atoms. The van der Waals surface area contributed by atoms with Gasteiger partial charge < -0.3 is 24.4 Å². The lowest BCUT2D eigenvalue weighted by Crippen LogP contribution is -2.39. The van der Waals surface area contributed by atoms with Gasteiger partial charge in [-0.3, -0.25) is 19.3 Å². The molecule has 3 aliphatic rings. The number of likely N-dealkylation sites (tertiary alicyclic amines) is 1. The van der Waals surface area contributed by atoms with Crippen molar-refractivity contribution in [3.63, 3.8) is 0 Å². The molecule has 2 fully saturated rings. The largest absolute Gasteiger partial charge is 0.463 e. The summed E-state index contributed by atoms with van der Waals surface area (Å²) in [5.74, 6) is -1.99. The summed E-state index contributed by atoms with van der Waals surface area (Å²) in [4.78, 5) is 38.1. The second-order valence-corrected chi connectivity index (χ2v) is 7.31. The first-order chi connectivity index (χ1) is 12.9. The zero-order chi connectivity index (χ0) is 19.6. The molecular weight excluding hydrogens is 358 g/mol. The summed E-state index contributed by atoms with van der Waals surface area (Å²) in [7, 11) is 0. The number of aliphatic hydroxyl groups excluding tert-OH is 2. The lowest BCUT2D eigenvalue weighted by molar-refractivity contribution is -0.161. The fraction of sp³-hybridized carbons (Fsp3) is 0.722. The molecule has 2 saturated heterocycles. The zero-order valence-electron chi connectivity index (χ0n) is 15.2. The lowest BCUT2D eigenvalue weighted by atomic mass is 9.90. The van der Waals surface area contributed by atoms with Crippen LogP contribution < -0.4 is 0 Å². The first kappa shape index (κ1) is 19.9. The monoisotopic (exact) mass is 383 g/mol. The number of fused-ring (bicyclic) bond motifs is 5. The molecule has 2 bridgehead atoms. The normalized spacial score (nSPS) is 29.4. The number of imide groups is 1. The predicted molar refractivity (Wildman–Crippen MR) is 90.2 cm³/mol. The van der Waals surface area contributed by atoms with E-state index < -0.39 is 36.4 Å². The Bertz CT molecular complexity index is 629. The summed E-state index contributed by atoms with van der Waals surface area (Å²) in [6, 6.07) is 0. The number of nitrogens with zero attached hydrogens (tertiary/aromatic N) is 1. The highest BCUT2D eigenvalue weighted by Crippen LogP contribution is 2.44. The van der Waals surface area contributed by atoms with Gasteiger partial charge in [-0.1, -0.05) is 12.2 Å². The van der Waals surface area contributed by atoms with Crippen molar-refractivity contribution in [2.24, 2.45) is 17.3 Å². The van der Waals surface area contributed by atoms with E-state index >= 15 is 0 Å². The number of aliphatic hydroxyl groups is 2. The maximum absolute atomic E-state index is 12.6. The molecule has 0 aromatic rings. The van der Waals surface area contributed by atoms with E-state index in [1.807, 2.05) is 12.2 Å². The first-order valence-electron chi connectivity index (χ1n) is 9.07. The molecule has 0 aliphatic carbocycles. The Morgan fingerprint density at radius 2 is 1.93 bits per heavy atom. The number of ether oxygens (including phenoxy) is 3. The van der Waals surface area contributed by atoms with Gasteiger partial charge in [-0.15, -0.1) is 0 Å². The van der Waals surface area contributed by atoms with Crippen LogP contribution in [0.1, 0.15) is 13.3 Å². The van der Waals surface area contributed by atoms with Crippen LogP contribution in [0.25, 0.3) is 0 Å². The smallest absolute Gasteiger partial charge is 0.316 e. The molecule has 0 aromatic carbocycles. The van der Waals surface area contributed by atoms with Crippen LogP contribution in [-0.4, -0.2) is 84.7 Å². The molecule has 0 radical (unpaired) electrons. The van der Waals surface area contributed by atoms with Gasteiger partial charge in [0.15, 0.2) is 0 Å². The van der Waals surface area contributed by atoms with Crippen LogP contribution in [0.4, 0.5) is 0 Å². The van der Waals surface area contributed by atoms with Gasteiger partial charge in [0.1, 0.15) is 12.0 Å². The third kappa shape index (κ3) is 3.64. The van der Waals surface area contributed by atoms with E-state index in [4.69, 9.17) is 24.4 Å². The molecule has 27 heavy (non-hydrogen) atoms. The van der Waals surface area contributed by atoms with E-state index in [1.54, 1.807) is 0 Å². The molecular formula is C18H25NO8. The average Bonchev–Trinajstić information content (AvgIpc) is 3.09. The molecule has 0 aromatic heterocycles. The zero-order valence-corrected chi connectivity index (χ0v) is 15.2. The summed E-state index contributed by atoms with van der Waals surface area (Å²) in [6.45, 7) is 0.664. The highest BCUT2D eigenvalue weighted by molar-refractivity contribution is 6.06. The Balaban J connectivity index is 1.39. The standard InChI is InChI=1S/C18H25NO8/c1-18(9-20,10-21)17(24)26-8-7-25-6-5-19-15(22)13-11-3-2-4-12(27-11)14(13)16(19)23/h2-3,11-14,20-21H,4-10H2,1H3/t11?,12?,13-,14+/m1/s1. The molecule has 3 rings (SSSR count). The van der Waals surface area contributed by atoms with E-state index in [9.17, 15) is 14.4 Å². The quantitative estimate of drug-likeness (QED) is 0.222. The Kier molecular flexibility index (Phi) is 5.95. The Morgan fingerprint density at radius 1 is 1.22 bits per heavy atom. The Morgan fingerprint density at radius 3 is 2.63 bits per heavy atom. The van der Waals surface area contributed by atoms with Gasteiger partial charge in [0, 0.05) is 0 Å². The summed E-state index contributed by atoms with van der Waals surface area (Å²) in [6.07, 6.45) is 3.92. The lowest BCUT2D eigenvalue weighted by Gasteiger charge is -2.23. The predicted octanol–water partition coefficient (Wildman–Crippen LogP) is -1.13. The van der Waals surface area contributed by atoms with Crippen molar-refractivity contribution < 1.29 is 38.8 Å². The van der Waals surface area contributed by atoms with Gasteiger partial charge in [-0.2, -0.15) is 0 Å². The number of amides is 2. The minimum Gasteiger partial charge on any atom is -0.463 e. The third-order valence-electron chi connectivity index (χ3n) is 5.38. The maximum Gasteiger partial charge on any atom is 0.316 e. The van der Waals surface area contributed by atoms with Crippen molar-refractivity contribution in [1.29, 1.82) is 0 Å². The SMILES string of the molecule is CC(CO)(CO)C(=O)OCCOCCN1C(=O)[C@@H]2C3C=CCC(O3)[C@@H]2C1=O. The van der Waals surface area contributed by atoms with Gasteiger partial charge >= 0.3 is 5.97 Å². The van der Waals surface area contributed by atoms with Crippen LogP contribution >= 0.6 is 0 Å². The van der Waals surface area contributed by atoms with E-state index in [2.05, 4.69) is 0 Å².